The molecule has 0 aliphatic heterocycles. The molecule has 0 aliphatic rings. The van der Waals surface area contributed by atoms with Crippen LogP contribution in [0, 0.1) is 19.3 Å². The molecular formula is C13H15BrN2O4S. The van der Waals surface area contributed by atoms with Crippen molar-refractivity contribution in [1.29, 1.82) is 0 Å². The molecule has 3 N–H and O–H groups in total. The molecule has 1 rings (SSSR count). The smallest absolute Gasteiger partial charge is 0.261 e. The lowest BCUT2D eigenvalue weighted by molar-refractivity contribution is -0.127. The Hall–Kier alpha value is -1.56. The first-order chi connectivity index (χ1) is 9.66. The number of hydrogen-bond donors (Lipinski definition) is 2. The van der Waals surface area contributed by atoms with E-state index in [-0.39, 0.29) is 17.2 Å². The molecule has 1 aromatic rings. The molecule has 0 bridgehead atoms. The Kier molecular flexibility index (Phi) is 5.78. The van der Waals surface area contributed by atoms with Gasteiger partial charge >= 0.3 is 0 Å². The molecule has 21 heavy (non-hydrogen) atoms. The maximum Gasteiger partial charge on any atom is 0.261 e. The number of aryl methyl sites for hydroxylation is 1. The summed E-state index contributed by atoms with van der Waals surface area (Å²) in [6, 6.07) is 2.99. The number of ether oxygens (including phenoxy) is 1. The second-order valence-corrected chi connectivity index (χ2v) is 6.72. The molecule has 1 aromatic carbocycles. The monoisotopic (exact) mass is 374 g/mol. The number of rotatable bonds is 5. The van der Waals surface area contributed by atoms with Crippen molar-refractivity contribution in [2.45, 2.75) is 24.8 Å². The summed E-state index contributed by atoms with van der Waals surface area (Å²) in [5, 5.41) is 7.62. The van der Waals surface area contributed by atoms with Gasteiger partial charge in [0.05, 0.1) is 6.54 Å². The number of amides is 1. The first-order valence-corrected chi connectivity index (χ1v) is 8.21. The van der Waals surface area contributed by atoms with E-state index in [9.17, 15) is 13.2 Å². The third-order valence-corrected chi connectivity index (χ3v) is 3.91. The van der Waals surface area contributed by atoms with Crippen molar-refractivity contribution in [3.63, 3.8) is 0 Å². The Morgan fingerprint density at radius 1 is 1.57 bits per heavy atom. The molecule has 1 amide bonds. The minimum absolute atomic E-state index is 0.0454. The number of hydrogen-bond acceptors (Lipinski definition) is 4. The molecule has 8 heteroatoms. The summed E-state index contributed by atoms with van der Waals surface area (Å²) in [5.41, 5.74) is 0.532. The van der Waals surface area contributed by atoms with Crippen LogP contribution in [0.2, 0.25) is 0 Å². The quantitative estimate of drug-likeness (QED) is 0.748. The fraction of sp³-hybridized carbons (Fsp3) is 0.308. The van der Waals surface area contributed by atoms with Crippen LogP contribution in [0.25, 0.3) is 0 Å². The Bertz CT molecular complexity index is 695. The average Bonchev–Trinajstić information content (AvgIpc) is 2.37. The molecule has 0 spiro atoms. The molecule has 1 atom stereocenters. The van der Waals surface area contributed by atoms with Crippen molar-refractivity contribution >= 4 is 31.9 Å². The standard InChI is InChI=1S/C13H15BrN2O4S/c1-4-5-16-13(17)9(3)20-12-8(2)6-10(14)7-11(12)21(15,18)19/h1,6-7,9H,5H2,2-3H3,(H,16,17)(H2,15,18,19). The topological polar surface area (TPSA) is 98.5 Å². The lowest BCUT2D eigenvalue weighted by atomic mass is 10.2. The summed E-state index contributed by atoms with van der Waals surface area (Å²) in [6.07, 6.45) is 4.13. The van der Waals surface area contributed by atoms with E-state index in [2.05, 4.69) is 27.2 Å². The van der Waals surface area contributed by atoms with Crippen molar-refractivity contribution < 1.29 is 17.9 Å². The normalized spacial score (nSPS) is 12.3. The fourth-order valence-electron chi connectivity index (χ4n) is 1.57. The lowest BCUT2D eigenvalue weighted by Gasteiger charge is -2.18. The van der Waals surface area contributed by atoms with E-state index in [1.165, 1.54) is 13.0 Å². The van der Waals surface area contributed by atoms with Crippen LogP contribution in [-0.4, -0.2) is 27.0 Å². The zero-order valence-corrected chi connectivity index (χ0v) is 13.9. The molecule has 114 valence electrons. The van der Waals surface area contributed by atoms with Gasteiger partial charge in [0, 0.05) is 4.47 Å². The van der Waals surface area contributed by atoms with Gasteiger partial charge in [0.25, 0.3) is 5.91 Å². The van der Waals surface area contributed by atoms with E-state index in [1.54, 1.807) is 13.0 Å². The summed E-state index contributed by atoms with van der Waals surface area (Å²) < 4.78 is 29.3. The molecule has 0 fully saturated rings. The summed E-state index contributed by atoms with van der Waals surface area (Å²) in [6.45, 7) is 3.20. The van der Waals surface area contributed by atoms with Crippen molar-refractivity contribution in [2.75, 3.05) is 6.54 Å². The van der Waals surface area contributed by atoms with Crippen LogP contribution in [0.1, 0.15) is 12.5 Å². The number of carbonyl (C=O) groups is 1. The third-order valence-electron chi connectivity index (χ3n) is 2.54. The second-order valence-electron chi connectivity index (χ2n) is 4.28. The summed E-state index contributed by atoms with van der Waals surface area (Å²) in [4.78, 5) is 11.5. The van der Waals surface area contributed by atoms with E-state index >= 15 is 0 Å². The molecular weight excluding hydrogens is 360 g/mol. The number of nitrogens with two attached hydrogens (primary N) is 1. The summed E-state index contributed by atoms with van der Waals surface area (Å²) in [7, 11) is -3.99. The van der Waals surface area contributed by atoms with E-state index in [1.807, 2.05) is 0 Å². The number of benzene rings is 1. The Labute approximate surface area is 132 Å². The van der Waals surface area contributed by atoms with Crippen LogP contribution < -0.4 is 15.2 Å². The predicted molar refractivity (Wildman–Crippen MR) is 82.2 cm³/mol. The highest BCUT2D eigenvalue weighted by Gasteiger charge is 2.22. The van der Waals surface area contributed by atoms with E-state index in [0.717, 1.165) is 0 Å². The van der Waals surface area contributed by atoms with Gasteiger partial charge in [-0.05, 0) is 31.5 Å². The second kappa shape index (κ2) is 6.93. The molecule has 0 aromatic heterocycles. The number of nitrogens with one attached hydrogen (secondary N) is 1. The van der Waals surface area contributed by atoms with Gasteiger partial charge in [0.15, 0.2) is 6.10 Å². The maximum absolute atomic E-state index is 11.7. The number of primary sulfonamides is 1. The van der Waals surface area contributed by atoms with Gasteiger partial charge in [0.2, 0.25) is 10.0 Å². The van der Waals surface area contributed by atoms with Crippen molar-refractivity contribution in [3.8, 4) is 18.1 Å². The minimum Gasteiger partial charge on any atom is -0.479 e. The van der Waals surface area contributed by atoms with Gasteiger partial charge in [-0.1, -0.05) is 21.9 Å². The third kappa shape index (κ3) is 4.74. The molecule has 0 radical (unpaired) electrons. The van der Waals surface area contributed by atoms with Gasteiger partial charge < -0.3 is 10.1 Å². The largest absolute Gasteiger partial charge is 0.479 e. The minimum atomic E-state index is -3.99. The highest BCUT2D eigenvalue weighted by Crippen LogP contribution is 2.31. The van der Waals surface area contributed by atoms with Gasteiger partial charge in [-0.25, -0.2) is 13.6 Å². The van der Waals surface area contributed by atoms with Gasteiger partial charge in [-0.2, -0.15) is 0 Å². The molecule has 0 saturated carbocycles. The zero-order valence-electron chi connectivity index (χ0n) is 11.5. The van der Waals surface area contributed by atoms with Crippen LogP contribution in [-0.2, 0) is 14.8 Å². The fourth-order valence-corrected chi connectivity index (χ4v) is 3.06. The van der Waals surface area contributed by atoms with Crippen LogP contribution in [0.3, 0.4) is 0 Å². The van der Waals surface area contributed by atoms with Crippen LogP contribution in [0.5, 0.6) is 5.75 Å². The van der Waals surface area contributed by atoms with E-state index < -0.39 is 22.0 Å². The Morgan fingerprint density at radius 2 is 2.19 bits per heavy atom. The number of terminal acetylenes is 1. The van der Waals surface area contributed by atoms with Crippen LogP contribution >= 0.6 is 15.9 Å². The lowest BCUT2D eigenvalue weighted by Crippen LogP contribution is -2.37. The maximum atomic E-state index is 11.7. The van der Waals surface area contributed by atoms with Gasteiger partial charge in [-0.3, -0.25) is 4.79 Å². The van der Waals surface area contributed by atoms with Crippen LogP contribution in [0.4, 0.5) is 0 Å². The van der Waals surface area contributed by atoms with Crippen molar-refractivity contribution in [2.24, 2.45) is 5.14 Å². The molecule has 1 unspecified atom stereocenters. The van der Waals surface area contributed by atoms with Crippen molar-refractivity contribution in [1.82, 2.24) is 5.32 Å². The first-order valence-electron chi connectivity index (χ1n) is 5.87. The molecule has 0 heterocycles. The summed E-state index contributed by atoms with van der Waals surface area (Å²) >= 11 is 3.19. The molecule has 0 aliphatic carbocycles. The first kappa shape index (κ1) is 17.5. The average molecular weight is 375 g/mol. The SMILES string of the molecule is C#CCNC(=O)C(C)Oc1c(C)cc(Br)cc1S(N)(=O)=O. The van der Waals surface area contributed by atoms with Gasteiger partial charge in [-0.15, -0.1) is 6.42 Å². The van der Waals surface area contributed by atoms with Crippen LogP contribution in [0.15, 0.2) is 21.5 Å². The molecule has 0 saturated heterocycles. The highest BCUT2D eigenvalue weighted by atomic mass is 79.9. The highest BCUT2D eigenvalue weighted by molar-refractivity contribution is 9.10. The van der Waals surface area contributed by atoms with E-state index in [0.29, 0.717) is 10.0 Å². The molecule has 6 nitrogen and oxygen atoms in total. The zero-order chi connectivity index (χ0) is 16.2. The summed E-state index contributed by atoms with van der Waals surface area (Å²) in [5.74, 6) is 1.86. The number of halogens is 1. The number of sulfonamides is 1. The van der Waals surface area contributed by atoms with Gasteiger partial charge in [0.1, 0.15) is 10.6 Å². The van der Waals surface area contributed by atoms with Crippen molar-refractivity contribution in [3.05, 3.63) is 22.2 Å². The Balaban J connectivity index is 3.14. The van der Waals surface area contributed by atoms with E-state index in [4.69, 9.17) is 16.3 Å². The number of carbonyl (C=O) groups excluding carboxylic acids is 1. The Morgan fingerprint density at radius 3 is 2.71 bits per heavy atom. The predicted octanol–water partition coefficient (Wildman–Crippen LogP) is 0.922.